The van der Waals surface area contributed by atoms with E-state index in [4.69, 9.17) is 14.9 Å². The quantitative estimate of drug-likeness (QED) is 0.464. The van der Waals surface area contributed by atoms with Crippen LogP contribution in [0, 0.1) is 10.1 Å². The van der Waals surface area contributed by atoms with Gasteiger partial charge in [-0.15, -0.1) is 0 Å². The van der Waals surface area contributed by atoms with Gasteiger partial charge in [0.05, 0.1) is 23.7 Å². The third-order valence-corrected chi connectivity index (χ3v) is 2.89. The van der Waals surface area contributed by atoms with Crippen molar-refractivity contribution in [3.05, 3.63) is 33.9 Å². The number of amides is 1. The SMILES string of the molecule is COc1cc([N+](=O)[O-])ccc1C(=O)N[C@@H](CCC(=O)O)C(=O)O. The van der Waals surface area contributed by atoms with Crippen molar-refractivity contribution in [3.8, 4) is 5.75 Å². The number of carboxylic acid groups (broad SMARTS) is 2. The molecule has 0 bridgehead atoms. The maximum absolute atomic E-state index is 12.1. The second-order valence-electron chi connectivity index (χ2n) is 4.44. The minimum atomic E-state index is -1.40. The highest BCUT2D eigenvalue weighted by Gasteiger charge is 2.24. The molecule has 0 heterocycles. The Morgan fingerprint density at radius 3 is 2.48 bits per heavy atom. The van der Waals surface area contributed by atoms with Gasteiger partial charge in [-0.2, -0.15) is 0 Å². The molecule has 0 spiro atoms. The normalized spacial score (nSPS) is 11.3. The molecule has 0 saturated heterocycles. The van der Waals surface area contributed by atoms with Crippen molar-refractivity contribution in [3.63, 3.8) is 0 Å². The zero-order valence-electron chi connectivity index (χ0n) is 12.0. The molecule has 3 N–H and O–H groups in total. The average Bonchev–Trinajstić information content (AvgIpc) is 2.49. The van der Waals surface area contributed by atoms with E-state index in [1.807, 2.05) is 0 Å². The number of carboxylic acids is 2. The Morgan fingerprint density at radius 1 is 1.35 bits per heavy atom. The molecule has 0 aliphatic carbocycles. The number of carbonyl (C=O) groups excluding carboxylic acids is 1. The zero-order valence-corrected chi connectivity index (χ0v) is 12.0. The third kappa shape index (κ3) is 4.95. The Labute approximate surface area is 129 Å². The Balaban J connectivity index is 2.96. The molecule has 0 aliphatic heterocycles. The van der Waals surface area contributed by atoms with Crippen LogP contribution in [0.2, 0.25) is 0 Å². The lowest BCUT2D eigenvalue weighted by Crippen LogP contribution is -2.41. The first-order valence-electron chi connectivity index (χ1n) is 6.34. The highest BCUT2D eigenvalue weighted by atomic mass is 16.6. The number of ether oxygens (including phenoxy) is 1. The second kappa shape index (κ2) is 7.73. The maximum atomic E-state index is 12.1. The molecule has 0 unspecified atom stereocenters. The number of hydrogen-bond donors (Lipinski definition) is 3. The van der Waals surface area contributed by atoms with Crippen LogP contribution in [0.3, 0.4) is 0 Å². The smallest absolute Gasteiger partial charge is 0.326 e. The van der Waals surface area contributed by atoms with Gasteiger partial charge in [-0.1, -0.05) is 0 Å². The van der Waals surface area contributed by atoms with Crippen LogP contribution < -0.4 is 10.1 Å². The minimum absolute atomic E-state index is 0.0975. The predicted octanol–water partition coefficient (Wildman–Crippen LogP) is 0.651. The van der Waals surface area contributed by atoms with Crippen LogP contribution in [-0.4, -0.2) is 46.1 Å². The van der Waals surface area contributed by atoms with Crippen molar-refractivity contribution >= 4 is 23.5 Å². The number of aliphatic carboxylic acids is 2. The lowest BCUT2D eigenvalue weighted by Gasteiger charge is -2.15. The van der Waals surface area contributed by atoms with Gasteiger partial charge in [-0.25, -0.2) is 4.79 Å². The van der Waals surface area contributed by atoms with Crippen LogP contribution >= 0.6 is 0 Å². The van der Waals surface area contributed by atoms with E-state index in [0.717, 1.165) is 18.2 Å². The summed E-state index contributed by atoms with van der Waals surface area (Å²) < 4.78 is 4.89. The van der Waals surface area contributed by atoms with Gasteiger partial charge in [0.1, 0.15) is 11.8 Å². The van der Waals surface area contributed by atoms with Gasteiger partial charge >= 0.3 is 11.9 Å². The number of rotatable bonds is 8. The number of nitro groups is 1. The number of nitro benzene ring substituents is 1. The van der Waals surface area contributed by atoms with E-state index in [1.165, 1.54) is 7.11 Å². The van der Waals surface area contributed by atoms with Gasteiger partial charge in [-0.05, 0) is 12.5 Å². The molecule has 0 radical (unpaired) electrons. The standard InChI is InChI=1S/C13H14N2O8/c1-23-10-6-7(15(21)22)2-3-8(10)12(18)14-9(13(19)20)4-5-11(16)17/h2-3,6,9H,4-5H2,1H3,(H,14,18)(H,16,17)(H,19,20)/t9-/m0/s1. The Morgan fingerprint density at radius 2 is 2.00 bits per heavy atom. The minimum Gasteiger partial charge on any atom is -0.496 e. The summed E-state index contributed by atoms with van der Waals surface area (Å²) in [4.78, 5) is 43.6. The molecule has 0 fully saturated rings. The van der Waals surface area contributed by atoms with Gasteiger partial charge in [0.2, 0.25) is 0 Å². The third-order valence-electron chi connectivity index (χ3n) is 2.89. The molecule has 1 aromatic rings. The molecular weight excluding hydrogens is 312 g/mol. The molecule has 1 rings (SSSR count). The van der Waals surface area contributed by atoms with Crippen LogP contribution in [0.25, 0.3) is 0 Å². The van der Waals surface area contributed by atoms with Crippen molar-refractivity contribution in [2.75, 3.05) is 7.11 Å². The Hall–Kier alpha value is -3.17. The predicted molar refractivity (Wildman–Crippen MR) is 75.4 cm³/mol. The first-order valence-corrected chi connectivity index (χ1v) is 6.34. The molecule has 1 amide bonds. The van der Waals surface area contributed by atoms with Crippen LogP contribution in [0.5, 0.6) is 5.75 Å². The monoisotopic (exact) mass is 326 g/mol. The molecule has 23 heavy (non-hydrogen) atoms. The van der Waals surface area contributed by atoms with Crippen molar-refractivity contribution in [1.29, 1.82) is 0 Å². The molecule has 1 atom stereocenters. The number of carbonyl (C=O) groups is 3. The van der Waals surface area contributed by atoms with Crippen molar-refractivity contribution in [2.24, 2.45) is 0 Å². The van der Waals surface area contributed by atoms with E-state index in [1.54, 1.807) is 0 Å². The lowest BCUT2D eigenvalue weighted by molar-refractivity contribution is -0.384. The topological polar surface area (TPSA) is 156 Å². The Bertz CT molecular complexity index is 643. The fourth-order valence-electron chi connectivity index (χ4n) is 1.74. The molecule has 10 nitrogen and oxygen atoms in total. The largest absolute Gasteiger partial charge is 0.496 e. The fourth-order valence-corrected chi connectivity index (χ4v) is 1.74. The molecule has 0 saturated carbocycles. The Kier molecular flexibility index (Phi) is 6.01. The summed E-state index contributed by atoms with van der Waals surface area (Å²) in [6.07, 6.45) is -0.736. The number of non-ortho nitro benzene ring substituents is 1. The van der Waals surface area contributed by atoms with Gasteiger partial charge in [0.15, 0.2) is 0 Å². The molecule has 10 heteroatoms. The highest BCUT2D eigenvalue weighted by Crippen LogP contribution is 2.24. The van der Waals surface area contributed by atoms with Gasteiger partial charge < -0.3 is 20.3 Å². The zero-order chi connectivity index (χ0) is 17.6. The fraction of sp³-hybridized carbons (Fsp3) is 0.308. The lowest BCUT2D eigenvalue weighted by atomic mass is 10.1. The van der Waals surface area contributed by atoms with E-state index >= 15 is 0 Å². The second-order valence-corrected chi connectivity index (χ2v) is 4.44. The van der Waals surface area contributed by atoms with Gasteiger partial charge in [0, 0.05) is 12.5 Å². The number of hydrogen-bond acceptors (Lipinski definition) is 6. The van der Waals surface area contributed by atoms with Crippen molar-refractivity contribution in [2.45, 2.75) is 18.9 Å². The summed E-state index contributed by atoms with van der Waals surface area (Å²) in [5, 5.41) is 30.4. The molecule has 0 aromatic heterocycles. The summed E-state index contributed by atoms with van der Waals surface area (Å²) in [5.41, 5.74) is -0.390. The number of benzene rings is 1. The van der Waals surface area contributed by atoms with Crippen molar-refractivity contribution in [1.82, 2.24) is 5.32 Å². The first-order chi connectivity index (χ1) is 10.8. The number of nitrogens with one attached hydrogen (secondary N) is 1. The summed E-state index contributed by atoms with van der Waals surface area (Å²) in [6.45, 7) is 0. The van der Waals surface area contributed by atoms with Gasteiger partial charge in [-0.3, -0.25) is 19.7 Å². The van der Waals surface area contributed by atoms with E-state index in [0.29, 0.717) is 0 Å². The first kappa shape index (κ1) is 17.9. The van der Waals surface area contributed by atoms with E-state index in [2.05, 4.69) is 5.32 Å². The van der Waals surface area contributed by atoms with Gasteiger partial charge in [0.25, 0.3) is 11.6 Å². The molecule has 124 valence electrons. The molecule has 0 aliphatic rings. The number of nitrogens with zero attached hydrogens (tertiary/aromatic N) is 1. The highest BCUT2D eigenvalue weighted by molar-refractivity contribution is 5.99. The summed E-state index contributed by atoms with van der Waals surface area (Å²) in [6, 6.07) is 1.83. The van der Waals surface area contributed by atoms with E-state index < -0.39 is 35.2 Å². The van der Waals surface area contributed by atoms with Crippen LogP contribution in [0.15, 0.2) is 18.2 Å². The van der Waals surface area contributed by atoms with Crippen LogP contribution in [0.1, 0.15) is 23.2 Å². The van der Waals surface area contributed by atoms with E-state index in [-0.39, 0.29) is 23.4 Å². The summed E-state index contributed by atoms with van der Waals surface area (Å²) >= 11 is 0. The van der Waals surface area contributed by atoms with E-state index in [9.17, 15) is 24.5 Å². The van der Waals surface area contributed by atoms with Crippen LogP contribution in [-0.2, 0) is 9.59 Å². The maximum Gasteiger partial charge on any atom is 0.326 e. The summed E-state index contributed by atoms with van der Waals surface area (Å²) in [5.74, 6) is -3.52. The van der Waals surface area contributed by atoms with Crippen molar-refractivity contribution < 1.29 is 34.3 Å². The average molecular weight is 326 g/mol. The molecular formula is C13H14N2O8. The molecule has 1 aromatic carbocycles. The van der Waals surface area contributed by atoms with Crippen LogP contribution in [0.4, 0.5) is 5.69 Å². The number of methoxy groups -OCH3 is 1. The summed E-state index contributed by atoms with van der Waals surface area (Å²) in [7, 11) is 1.20.